The molecule has 12 heavy (non-hydrogen) atoms. The zero-order chi connectivity index (χ0) is 9.40. The molecule has 1 rings (SSSR count). The van der Waals surface area contributed by atoms with Gasteiger partial charge in [-0.25, -0.2) is 0 Å². The molecule has 1 aliphatic carbocycles. The zero-order valence-electron chi connectivity index (χ0n) is 8.18. The molecule has 0 saturated heterocycles. The van der Waals surface area contributed by atoms with Crippen LogP contribution in [-0.4, -0.2) is 11.1 Å². The molecular weight excluding hydrogens is 152 g/mol. The van der Waals surface area contributed by atoms with Crippen molar-refractivity contribution in [3.8, 4) is 0 Å². The van der Waals surface area contributed by atoms with Gasteiger partial charge in [0.15, 0.2) is 0 Å². The van der Waals surface area contributed by atoms with Crippen LogP contribution in [-0.2, 0) is 4.79 Å². The molecule has 0 radical (unpaired) electrons. The molecule has 0 aromatic heterocycles. The van der Waals surface area contributed by atoms with Crippen molar-refractivity contribution in [2.75, 3.05) is 0 Å². The lowest BCUT2D eigenvalue weighted by atomic mass is 10.0. The first-order chi connectivity index (χ1) is 5.63. The zero-order valence-corrected chi connectivity index (χ0v) is 8.18. The van der Waals surface area contributed by atoms with E-state index in [1.165, 1.54) is 38.5 Å². The Labute approximate surface area is 75.0 Å². The van der Waals surface area contributed by atoms with Crippen LogP contribution in [0, 0.1) is 5.92 Å². The molecule has 0 aliphatic heterocycles. The summed E-state index contributed by atoms with van der Waals surface area (Å²) < 4.78 is 0. The van der Waals surface area contributed by atoms with E-state index in [0.717, 1.165) is 12.8 Å². The van der Waals surface area contributed by atoms with Gasteiger partial charge in [0.2, 0.25) is 0 Å². The van der Waals surface area contributed by atoms with E-state index < -0.39 is 5.97 Å². The van der Waals surface area contributed by atoms with E-state index in [1.807, 2.05) is 0 Å². The standard InChI is InChI=1S/C8H16.C2H4O2/c1-8-6-4-2-3-5-7-8;1-2(3)4/h8H,2-7H2,1H3;1H3,(H,3,4). The van der Waals surface area contributed by atoms with Crippen LogP contribution in [0.25, 0.3) is 0 Å². The molecule has 1 aliphatic rings. The van der Waals surface area contributed by atoms with Crippen LogP contribution in [0.15, 0.2) is 0 Å². The van der Waals surface area contributed by atoms with Gasteiger partial charge in [-0.05, 0) is 5.92 Å². The molecule has 1 fully saturated rings. The normalized spacial score (nSPS) is 18.8. The lowest BCUT2D eigenvalue weighted by Gasteiger charge is -2.02. The van der Waals surface area contributed by atoms with Crippen molar-refractivity contribution >= 4 is 5.97 Å². The Morgan fingerprint density at radius 3 is 1.83 bits per heavy atom. The van der Waals surface area contributed by atoms with Gasteiger partial charge in [0.25, 0.3) is 5.97 Å². The summed E-state index contributed by atoms with van der Waals surface area (Å²) in [5.74, 6) is 0.192. The fourth-order valence-corrected chi connectivity index (χ4v) is 1.48. The summed E-state index contributed by atoms with van der Waals surface area (Å²) in [7, 11) is 0. The van der Waals surface area contributed by atoms with E-state index in [4.69, 9.17) is 9.90 Å². The Hall–Kier alpha value is -0.530. The van der Waals surface area contributed by atoms with Crippen molar-refractivity contribution in [2.24, 2.45) is 5.92 Å². The highest BCUT2D eigenvalue weighted by atomic mass is 16.4. The fourth-order valence-electron chi connectivity index (χ4n) is 1.48. The van der Waals surface area contributed by atoms with E-state index in [2.05, 4.69) is 6.92 Å². The summed E-state index contributed by atoms with van der Waals surface area (Å²) in [5, 5.41) is 7.42. The number of carboxylic acid groups (broad SMARTS) is 1. The lowest BCUT2D eigenvalue weighted by molar-refractivity contribution is -0.134. The molecule has 0 atom stereocenters. The first-order valence-corrected chi connectivity index (χ1v) is 4.82. The lowest BCUT2D eigenvalue weighted by Crippen LogP contribution is -1.88. The second kappa shape index (κ2) is 7.14. The Bertz CT molecular complexity index is 109. The van der Waals surface area contributed by atoms with Gasteiger partial charge in [-0.15, -0.1) is 0 Å². The Morgan fingerprint density at radius 2 is 1.50 bits per heavy atom. The second-order valence-corrected chi connectivity index (χ2v) is 3.62. The van der Waals surface area contributed by atoms with E-state index in [1.54, 1.807) is 0 Å². The van der Waals surface area contributed by atoms with Crippen molar-refractivity contribution in [2.45, 2.75) is 52.4 Å². The first-order valence-electron chi connectivity index (χ1n) is 4.82. The van der Waals surface area contributed by atoms with E-state index >= 15 is 0 Å². The molecule has 0 aromatic rings. The first kappa shape index (κ1) is 11.5. The highest BCUT2D eigenvalue weighted by Crippen LogP contribution is 2.21. The number of carbonyl (C=O) groups is 1. The van der Waals surface area contributed by atoms with Gasteiger partial charge in [-0.1, -0.05) is 45.4 Å². The van der Waals surface area contributed by atoms with Crippen LogP contribution in [0.5, 0.6) is 0 Å². The highest BCUT2D eigenvalue weighted by molar-refractivity contribution is 5.62. The maximum absolute atomic E-state index is 9.00. The van der Waals surface area contributed by atoms with Gasteiger partial charge in [-0.3, -0.25) is 4.79 Å². The fraction of sp³-hybridized carbons (Fsp3) is 0.900. The van der Waals surface area contributed by atoms with E-state index in [9.17, 15) is 0 Å². The van der Waals surface area contributed by atoms with Gasteiger partial charge < -0.3 is 5.11 Å². The molecule has 2 heteroatoms. The van der Waals surface area contributed by atoms with Gasteiger partial charge in [0, 0.05) is 6.92 Å². The maximum Gasteiger partial charge on any atom is 0.300 e. The SMILES string of the molecule is CC(=O)O.CC1CCCCCC1. The van der Waals surface area contributed by atoms with Crippen molar-refractivity contribution in [1.82, 2.24) is 0 Å². The highest BCUT2D eigenvalue weighted by Gasteiger charge is 2.05. The third-order valence-corrected chi connectivity index (χ3v) is 2.14. The van der Waals surface area contributed by atoms with Crippen molar-refractivity contribution < 1.29 is 9.90 Å². The minimum absolute atomic E-state index is 0.833. The molecule has 2 nitrogen and oxygen atoms in total. The largest absolute Gasteiger partial charge is 0.481 e. The van der Waals surface area contributed by atoms with Crippen LogP contribution in [0.4, 0.5) is 0 Å². The van der Waals surface area contributed by atoms with Crippen molar-refractivity contribution in [1.29, 1.82) is 0 Å². The predicted molar refractivity (Wildman–Crippen MR) is 50.2 cm³/mol. The van der Waals surface area contributed by atoms with Crippen molar-refractivity contribution in [3.05, 3.63) is 0 Å². The monoisotopic (exact) mass is 172 g/mol. The maximum atomic E-state index is 9.00. The predicted octanol–water partition coefficient (Wildman–Crippen LogP) is 3.07. The molecular formula is C10H20O2. The molecule has 72 valence electrons. The number of rotatable bonds is 0. The molecule has 0 heterocycles. The average molecular weight is 172 g/mol. The van der Waals surface area contributed by atoms with Crippen LogP contribution in [0.3, 0.4) is 0 Å². The summed E-state index contributed by atoms with van der Waals surface area (Å²) >= 11 is 0. The third-order valence-electron chi connectivity index (χ3n) is 2.14. The topological polar surface area (TPSA) is 37.3 Å². The van der Waals surface area contributed by atoms with Crippen LogP contribution in [0.2, 0.25) is 0 Å². The minimum Gasteiger partial charge on any atom is -0.481 e. The molecule has 0 aromatic carbocycles. The van der Waals surface area contributed by atoms with E-state index in [0.29, 0.717) is 0 Å². The minimum atomic E-state index is -0.833. The summed E-state index contributed by atoms with van der Waals surface area (Å²) in [6.45, 7) is 3.46. The molecule has 0 bridgehead atoms. The van der Waals surface area contributed by atoms with Gasteiger partial charge in [0.1, 0.15) is 0 Å². The van der Waals surface area contributed by atoms with Gasteiger partial charge in [0.05, 0.1) is 0 Å². The van der Waals surface area contributed by atoms with Crippen molar-refractivity contribution in [3.63, 3.8) is 0 Å². The molecule has 0 spiro atoms. The summed E-state index contributed by atoms with van der Waals surface area (Å²) in [6.07, 6.45) is 8.93. The number of carboxylic acids is 1. The third kappa shape index (κ3) is 9.47. The number of aliphatic carboxylic acids is 1. The summed E-state index contributed by atoms with van der Waals surface area (Å²) in [4.78, 5) is 9.00. The van der Waals surface area contributed by atoms with E-state index in [-0.39, 0.29) is 0 Å². The Kier molecular flexibility index (Phi) is 6.82. The number of hydrogen-bond donors (Lipinski definition) is 1. The smallest absolute Gasteiger partial charge is 0.300 e. The Balaban J connectivity index is 0.000000261. The molecule has 1 saturated carbocycles. The molecule has 0 unspecified atom stereocenters. The van der Waals surface area contributed by atoms with Crippen LogP contribution >= 0.6 is 0 Å². The quantitative estimate of drug-likeness (QED) is 0.570. The average Bonchev–Trinajstić information content (AvgIpc) is 2.14. The Morgan fingerprint density at radius 1 is 1.17 bits per heavy atom. The number of hydrogen-bond acceptors (Lipinski definition) is 1. The summed E-state index contributed by atoms with van der Waals surface area (Å²) in [5.41, 5.74) is 0. The van der Waals surface area contributed by atoms with Gasteiger partial charge in [-0.2, -0.15) is 0 Å². The van der Waals surface area contributed by atoms with Gasteiger partial charge >= 0.3 is 0 Å². The molecule has 1 N–H and O–H groups in total. The second-order valence-electron chi connectivity index (χ2n) is 3.62. The van der Waals surface area contributed by atoms with Crippen LogP contribution in [0.1, 0.15) is 52.4 Å². The summed E-state index contributed by atoms with van der Waals surface area (Å²) in [6, 6.07) is 0. The molecule has 0 amide bonds. The van der Waals surface area contributed by atoms with Crippen LogP contribution < -0.4 is 0 Å².